The van der Waals surface area contributed by atoms with E-state index in [4.69, 9.17) is 4.74 Å². The van der Waals surface area contributed by atoms with Crippen molar-refractivity contribution < 1.29 is 13.2 Å². The molecule has 2 N–H and O–H groups in total. The Morgan fingerprint density at radius 2 is 1.83 bits per heavy atom. The first-order valence-electron chi connectivity index (χ1n) is 9.39. The minimum absolute atomic E-state index is 0. The van der Waals surface area contributed by atoms with Crippen molar-refractivity contribution in [3.8, 4) is 5.75 Å². The molecule has 0 saturated heterocycles. The second-order valence-corrected chi connectivity index (χ2v) is 8.49. The number of hydrogen-bond acceptors (Lipinski definition) is 4. The molecule has 6 nitrogen and oxygen atoms in total. The molecule has 0 radical (unpaired) electrons. The van der Waals surface area contributed by atoms with Crippen LogP contribution in [-0.2, 0) is 16.4 Å². The number of guanidine groups is 1. The van der Waals surface area contributed by atoms with Crippen molar-refractivity contribution in [2.24, 2.45) is 4.99 Å². The zero-order valence-electron chi connectivity index (χ0n) is 17.1. The number of benzene rings is 2. The summed E-state index contributed by atoms with van der Waals surface area (Å²) in [5.41, 5.74) is 1.71. The van der Waals surface area contributed by atoms with Crippen LogP contribution in [0.15, 0.2) is 58.4 Å². The van der Waals surface area contributed by atoms with Gasteiger partial charge in [-0.25, -0.2) is 13.4 Å². The number of hydrogen-bond donors (Lipinski definition) is 2. The van der Waals surface area contributed by atoms with Crippen LogP contribution in [0, 0.1) is 6.92 Å². The Labute approximate surface area is 191 Å². The van der Waals surface area contributed by atoms with Crippen LogP contribution in [0.1, 0.15) is 24.5 Å². The topological polar surface area (TPSA) is 79.8 Å². The van der Waals surface area contributed by atoms with E-state index in [2.05, 4.69) is 15.6 Å². The average Bonchev–Trinajstić information content (AvgIpc) is 2.65. The quantitative estimate of drug-likeness (QED) is 0.224. The number of halogens is 1. The van der Waals surface area contributed by atoms with E-state index in [-0.39, 0.29) is 24.0 Å². The number of nitrogens with one attached hydrogen (secondary N) is 2. The third kappa shape index (κ3) is 9.03. The standard InChI is InChI=1S/C21H29N3O3S.HI/c1-4-22-21(23-13-8-14-27-19-9-6-5-7-10-19)24-16-18-11-12-20(17(2)15-18)28(3,25)26;/h5-7,9-12,15H,4,8,13-14,16H2,1-3H3,(H2,22,23,24);1H. The number of aryl methyl sites for hydroxylation is 1. The van der Waals surface area contributed by atoms with Gasteiger partial charge in [0.1, 0.15) is 5.75 Å². The minimum Gasteiger partial charge on any atom is -0.494 e. The Hall–Kier alpha value is -1.81. The van der Waals surface area contributed by atoms with Gasteiger partial charge >= 0.3 is 0 Å². The molecule has 2 aromatic rings. The van der Waals surface area contributed by atoms with Crippen LogP contribution in [0.3, 0.4) is 0 Å². The first-order valence-corrected chi connectivity index (χ1v) is 11.3. The second-order valence-electron chi connectivity index (χ2n) is 6.51. The monoisotopic (exact) mass is 531 g/mol. The van der Waals surface area contributed by atoms with Gasteiger partial charge in [0.2, 0.25) is 0 Å². The molecule has 0 aliphatic carbocycles. The van der Waals surface area contributed by atoms with Crippen molar-refractivity contribution >= 4 is 39.8 Å². The van der Waals surface area contributed by atoms with Crippen LogP contribution in [0.5, 0.6) is 5.75 Å². The van der Waals surface area contributed by atoms with Crippen LogP contribution in [0.2, 0.25) is 0 Å². The molecule has 8 heteroatoms. The number of rotatable bonds is 9. The molecule has 2 aromatic carbocycles. The Morgan fingerprint density at radius 1 is 1.10 bits per heavy atom. The van der Waals surface area contributed by atoms with Crippen molar-refractivity contribution in [1.82, 2.24) is 10.6 Å². The molecule has 2 rings (SSSR count). The molecule has 0 aliphatic rings. The van der Waals surface area contributed by atoms with E-state index in [1.54, 1.807) is 13.0 Å². The molecule has 0 amide bonds. The molecular weight excluding hydrogens is 501 g/mol. The fourth-order valence-electron chi connectivity index (χ4n) is 2.72. The number of para-hydroxylation sites is 1. The van der Waals surface area contributed by atoms with Crippen LogP contribution in [0.25, 0.3) is 0 Å². The van der Waals surface area contributed by atoms with Crippen molar-refractivity contribution in [2.75, 3.05) is 26.0 Å². The molecule has 0 aliphatic heterocycles. The predicted molar refractivity (Wildman–Crippen MR) is 129 cm³/mol. The molecule has 0 atom stereocenters. The lowest BCUT2D eigenvalue weighted by Gasteiger charge is -2.12. The third-order valence-corrected chi connectivity index (χ3v) is 5.29. The maximum absolute atomic E-state index is 11.7. The maximum atomic E-state index is 11.7. The average molecular weight is 531 g/mol. The highest BCUT2D eigenvalue weighted by molar-refractivity contribution is 14.0. The SMILES string of the molecule is CCNC(=NCc1ccc(S(C)(=O)=O)c(C)c1)NCCCOc1ccccc1.I. The maximum Gasteiger partial charge on any atom is 0.191 e. The van der Waals surface area contributed by atoms with Gasteiger partial charge in [-0.3, -0.25) is 0 Å². The number of sulfone groups is 1. The molecule has 0 unspecified atom stereocenters. The predicted octanol–water partition coefficient (Wildman–Crippen LogP) is 3.54. The van der Waals surface area contributed by atoms with Gasteiger partial charge < -0.3 is 15.4 Å². The fourth-order valence-corrected chi connectivity index (χ4v) is 3.68. The van der Waals surface area contributed by atoms with Crippen LogP contribution in [-0.4, -0.2) is 40.3 Å². The third-order valence-electron chi connectivity index (χ3n) is 4.03. The first kappa shape index (κ1) is 25.2. The lowest BCUT2D eigenvalue weighted by molar-refractivity contribution is 0.311. The van der Waals surface area contributed by atoms with E-state index in [0.717, 1.165) is 42.3 Å². The fraction of sp³-hybridized carbons (Fsp3) is 0.381. The van der Waals surface area contributed by atoms with Gasteiger partial charge in [0, 0.05) is 19.3 Å². The van der Waals surface area contributed by atoms with Gasteiger partial charge in [0.15, 0.2) is 15.8 Å². The van der Waals surface area contributed by atoms with Gasteiger partial charge in [0.05, 0.1) is 18.0 Å². The normalized spacial score (nSPS) is 11.5. The summed E-state index contributed by atoms with van der Waals surface area (Å²) < 4.78 is 29.1. The highest BCUT2D eigenvalue weighted by Gasteiger charge is 2.10. The van der Waals surface area contributed by atoms with E-state index in [1.165, 1.54) is 6.26 Å². The molecule has 0 saturated carbocycles. The van der Waals surface area contributed by atoms with Crippen molar-refractivity contribution in [1.29, 1.82) is 0 Å². The Kier molecular flexibility index (Phi) is 11.0. The van der Waals surface area contributed by atoms with Crippen LogP contribution in [0.4, 0.5) is 0 Å². The summed E-state index contributed by atoms with van der Waals surface area (Å²) in [4.78, 5) is 4.94. The summed E-state index contributed by atoms with van der Waals surface area (Å²) in [5.74, 6) is 1.60. The molecule has 160 valence electrons. The van der Waals surface area contributed by atoms with E-state index in [9.17, 15) is 8.42 Å². The zero-order valence-corrected chi connectivity index (χ0v) is 20.3. The highest BCUT2D eigenvalue weighted by Crippen LogP contribution is 2.17. The molecular formula is C21H30IN3O3S. The number of nitrogens with zero attached hydrogens (tertiary/aromatic N) is 1. The van der Waals surface area contributed by atoms with E-state index in [0.29, 0.717) is 18.0 Å². The van der Waals surface area contributed by atoms with Gasteiger partial charge in [-0.15, -0.1) is 24.0 Å². The smallest absolute Gasteiger partial charge is 0.191 e. The minimum atomic E-state index is -3.20. The van der Waals surface area contributed by atoms with Gasteiger partial charge in [-0.2, -0.15) is 0 Å². The Balaban J connectivity index is 0.00000420. The summed E-state index contributed by atoms with van der Waals surface area (Å²) >= 11 is 0. The Bertz CT molecular complexity index is 887. The van der Waals surface area contributed by atoms with Crippen LogP contribution >= 0.6 is 24.0 Å². The zero-order chi connectivity index (χ0) is 20.4. The second kappa shape index (κ2) is 12.7. The summed E-state index contributed by atoms with van der Waals surface area (Å²) in [6.07, 6.45) is 2.07. The van der Waals surface area contributed by atoms with Gasteiger partial charge in [0.25, 0.3) is 0 Å². The molecule has 0 aromatic heterocycles. The summed E-state index contributed by atoms with van der Waals surface area (Å²) in [7, 11) is -3.20. The number of ether oxygens (including phenoxy) is 1. The van der Waals surface area contributed by atoms with E-state index < -0.39 is 9.84 Å². The summed E-state index contributed by atoms with van der Waals surface area (Å²) in [5, 5.41) is 6.50. The largest absolute Gasteiger partial charge is 0.494 e. The van der Waals surface area contributed by atoms with Gasteiger partial charge in [-0.05, 0) is 49.6 Å². The lowest BCUT2D eigenvalue weighted by Crippen LogP contribution is -2.38. The molecule has 0 fully saturated rings. The summed E-state index contributed by atoms with van der Waals surface area (Å²) in [6.45, 7) is 6.42. The Morgan fingerprint density at radius 3 is 2.45 bits per heavy atom. The first-order chi connectivity index (χ1) is 13.4. The van der Waals surface area contributed by atoms with E-state index >= 15 is 0 Å². The van der Waals surface area contributed by atoms with Crippen LogP contribution < -0.4 is 15.4 Å². The molecule has 0 heterocycles. The lowest BCUT2D eigenvalue weighted by atomic mass is 10.1. The van der Waals surface area contributed by atoms with Crippen molar-refractivity contribution in [2.45, 2.75) is 31.7 Å². The summed E-state index contributed by atoms with van der Waals surface area (Å²) in [6, 6.07) is 15.1. The molecule has 0 bridgehead atoms. The van der Waals surface area contributed by atoms with Crippen molar-refractivity contribution in [3.63, 3.8) is 0 Å². The number of aliphatic imine (C=N–C) groups is 1. The van der Waals surface area contributed by atoms with Crippen molar-refractivity contribution in [3.05, 3.63) is 59.7 Å². The molecule has 0 spiro atoms. The van der Waals surface area contributed by atoms with E-state index in [1.807, 2.05) is 49.4 Å². The van der Waals surface area contributed by atoms with Gasteiger partial charge in [-0.1, -0.05) is 30.3 Å². The highest BCUT2D eigenvalue weighted by atomic mass is 127. The molecule has 29 heavy (non-hydrogen) atoms.